The Morgan fingerprint density at radius 2 is 2.00 bits per heavy atom. The maximum absolute atomic E-state index is 5.85. The number of nitrogens with zero attached hydrogens (tertiary/aromatic N) is 3. The molecule has 2 heterocycles. The molecule has 0 spiro atoms. The molecule has 0 amide bonds. The van der Waals surface area contributed by atoms with Gasteiger partial charge in [-0.05, 0) is 36.0 Å². The second-order valence-corrected chi connectivity index (χ2v) is 4.23. The molecule has 0 aliphatic rings. The molecule has 0 saturated carbocycles. The lowest BCUT2D eigenvalue weighted by atomic mass is 10.2. The van der Waals surface area contributed by atoms with E-state index in [1.807, 2.05) is 29.8 Å². The first-order chi connectivity index (χ1) is 8.25. The van der Waals surface area contributed by atoms with Gasteiger partial charge in [-0.3, -0.25) is 0 Å². The van der Waals surface area contributed by atoms with Crippen LogP contribution in [0.15, 0.2) is 42.7 Å². The minimum atomic E-state index is 0.267. The normalized spacial score (nSPS) is 10.9. The van der Waals surface area contributed by atoms with E-state index >= 15 is 0 Å². The van der Waals surface area contributed by atoms with E-state index in [9.17, 15) is 0 Å². The number of rotatable bonds is 1. The Morgan fingerprint density at radius 1 is 1.18 bits per heavy atom. The summed E-state index contributed by atoms with van der Waals surface area (Å²) in [5.41, 5.74) is 2.11. The maximum Gasteiger partial charge on any atom is 0.224 e. The Hall–Kier alpha value is -1.87. The van der Waals surface area contributed by atoms with Gasteiger partial charge in [-0.15, -0.1) is 0 Å². The number of aromatic nitrogens is 3. The standard InChI is InChI=1S/C13H10ClN3/c1-9-8-15-13(14)16-12(9)17-7-6-10-4-2-3-5-11(10)17/h2-8H,1H3. The third-order valence-electron chi connectivity index (χ3n) is 2.74. The van der Waals surface area contributed by atoms with Crippen molar-refractivity contribution in [3.05, 3.63) is 53.6 Å². The molecular weight excluding hydrogens is 234 g/mol. The van der Waals surface area contributed by atoms with Crippen LogP contribution in [-0.2, 0) is 0 Å². The summed E-state index contributed by atoms with van der Waals surface area (Å²) >= 11 is 5.85. The molecule has 0 N–H and O–H groups in total. The fourth-order valence-corrected chi connectivity index (χ4v) is 2.05. The van der Waals surface area contributed by atoms with E-state index in [4.69, 9.17) is 11.6 Å². The molecule has 3 rings (SSSR count). The molecule has 17 heavy (non-hydrogen) atoms. The minimum Gasteiger partial charge on any atom is -0.301 e. The van der Waals surface area contributed by atoms with Crippen molar-refractivity contribution in [3.63, 3.8) is 0 Å². The van der Waals surface area contributed by atoms with Crippen molar-refractivity contribution in [3.8, 4) is 5.82 Å². The van der Waals surface area contributed by atoms with E-state index < -0.39 is 0 Å². The van der Waals surface area contributed by atoms with Crippen LogP contribution in [0.1, 0.15) is 5.56 Å². The van der Waals surface area contributed by atoms with Crippen LogP contribution in [0.2, 0.25) is 5.28 Å². The molecular formula is C13H10ClN3. The zero-order valence-electron chi connectivity index (χ0n) is 9.26. The number of fused-ring (bicyclic) bond motifs is 1. The van der Waals surface area contributed by atoms with Crippen molar-refractivity contribution < 1.29 is 0 Å². The Labute approximate surface area is 104 Å². The fraction of sp³-hybridized carbons (Fsp3) is 0.0769. The summed E-state index contributed by atoms with van der Waals surface area (Å²) in [6, 6.07) is 10.2. The van der Waals surface area contributed by atoms with Crippen LogP contribution in [-0.4, -0.2) is 14.5 Å². The smallest absolute Gasteiger partial charge is 0.224 e. The number of halogens is 1. The predicted octanol–water partition coefficient (Wildman–Crippen LogP) is 3.38. The summed E-state index contributed by atoms with van der Waals surface area (Å²) in [6.45, 7) is 1.97. The van der Waals surface area contributed by atoms with Crippen molar-refractivity contribution in [2.75, 3.05) is 0 Å². The topological polar surface area (TPSA) is 30.7 Å². The third kappa shape index (κ3) is 1.68. The molecule has 84 valence electrons. The molecule has 0 atom stereocenters. The van der Waals surface area contributed by atoms with E-state index in [0.29, 0.717) is 0 Å². The summed E-state index contributed by atoms with van der Waals surface area (Å²) in [4.78, 5) is 8.25. The fourth-order valence-electron chi connectivity index (χ4n) is 1.92. The molecule has 0 fully saturated rings. The lowest BCUT2D eigenvalue weighted by molar-refractivity contribution is 0.986. The van der Waals surface area contributed by atoms with Crippen molar-refractivity contribution >= 4 is 22.5 Å². The Balaban J connectivity index is 2.31. The summed E-state index contributed by atoms with van der Waals surface area (Å²) in [7, 11) is 0. The predicted molar refractivity (Wildman–Crippen MR) is 68.6 cm³/mol. The maximum atomic E-state index is 5.85. The first-order valence-corrected chi connectivity index (χ1v) is 5.69. The van der Waals surface area contributed by atoms with Crippen LogP contribution >= 0.6 is 11.6 Å². The first-order valence-electron chi connectivity index (χ1n) is 5.31. The van der Waals surface area contributed by atoms with Crippen LogP contribution in [0, 0.1) is 6.92 Å². The highest BCUT2D eigenvalue weighted by atomic mass is 35.5. The van der Waals surface area contributed by atoms with Gasteiger partial charge in [0.15, 0.2) is 0 Å². The number of benzene rings is 1. The van der Waals surface area contributed by atoms with E-state index in [1.54, 1.807) is 6.20 Å². The van der Waals surface area contributed by atoms with Gasteiger partial charge in [0.2, 0.25) is 5.28 Å². The van der Waals surface area contributed by atoms with Crippen molar-refractivity contribution in [1.82, 2.24) is 14.5 Å². The van der Waals surface area contributed by atoms with Gasteiger partial charge in [-0.2, -0.15) is 4.98 Å². The quantitative estimate of drug-likeness (QED) is 0.614. The van der Waals surface area contributed by atoms with E-state index in [-0.39, 0.29) is 5.28 Å². The zero-order valence-corrected chi connectivity index (χ0v) is 10.0. The molecule has 1 aromatic carbocycles. The van der Waals surface area contributed by atoms with Crippen LogP contribution in [0.3, 0.4) is 0 Å². The lowest BCUT2D eigenvalue weighted by Crippen LogP contribution is -2.00. The Bertz CT molecular complexity index is 688. The highest BCUT2D eigenvalue weighted by Crippen LogP contribution is 2.21. The lowest BCUT2D eigenvalue weighted by Gasteiger charge is -2.07. The number of hydrogen-bond donors (Lipinski definition) is 0. The average molecular weight is 244 g/mol. The molecule has 0 aliphatic carbocycles. The van der Waals surface area contributed by atoms with Crippen LogP contribution in [0.4, 0.5) is 0 Å². The van der Waals surface area contributed by atoms with Gasteiger partial charge >= 0.3 is 0 Å². The second-order valence-electron chi connectivity index (χ2n) is 3.89. The molecule has 2 aromatic heterocycles. The number of para-hydroxylation sites is 1. The van der Waals surface area contributed by atoms with E-state index in [2.05, 4.69) is 28.2 Å². The van der Waals surface area contributed by atoms with Gasteiger partial charge < -0.3 is 4.57 Å². The van der Waals surface area contributed by atoms with Gasteiger partial charge in [-0.1, -0.05) is 18.2 Å². The molecule has 0 saturated heterocycles. The Morgan fingerprint density at radius 3 is 2.88 bits per heavy atom. The highest BCUT2D eigenvalue weighted by molar-refractivity contribution is 6.28. The zero-order chi connectivity index (χ0) is 11.8. The molecule has 0 radical (unpaired) electrons. The van der Waals surface area contributed by atoms with Crippen molar-refractivity contribution in [2.45, 2.75) is 6.92 Å². The van der Waals surface area contributed by atoms with Crippen LogP contribution < -0.4 is 0 Å². The second kappa shape index (κ2) is 3.86. The molecule has 3 nitrogen and oxygen atoms in total. The Kier molecular flexibility index (Phi) is 2.34. The monoisotopic (exact) mass is 243 g/mol. The highest BCUT2D eigenvalue weighted by Gasteiger charge is 2.07. The van der Waals surface area contributed by atoms with Gasteiger partial charge in [-0.25, -0.2) is 4.98 Å². The molecule has 0 bridgehead atoms. The molecule has 0 aliphatic heterocycles. The van der Waals surface area contributed by atoms with E-state index in [0.717, 1.165) is 16.9 Å². The van der Waals surface area contributed by atoms with E-state index in [1.165, 1.54) is 5.39 Å². The largest absolute Gasteiger partial charge is 0.301 e. The summed E-state index contributed by atoms with van der Waals surface area (Å²) in [6.07, 6.45) is 3.73. The van der Waals surface area contributed by atoms with Gasteiger partial charge in [0.05, 0.1) is 5.52 Å². The van der Waals surface area contributed by atoms with Crippen molar-refractivity contribution in [2.24, 2.45) is 0 Å². The van der Waals surface area contributed by atoms with Gasteiger partial charge in [0.1, 0.15) is 5.82 Å². The third-order valence-corrected chi connectivity index (χ3v) is 2.93. The number of aryl methyl sites for hydroxylation is 1. The summed E-state index contributed by atoms with van der Waals surface area (Å²) in [5.74, 6) is 0.825. The van der Waals surface area contributed by atoms with Crippen LogP contribution in [0.5, 0.6) is 0 Å². The molecule has 4 heteroatoms. The van der Waals surface area contributed by atoms with Gasteiger partial charge in [0, 0.05) is 18.0 Å². The molecule has 3 aromatic rings. The average Bonchev–Trinajstić information content (AvgIpc) is 2.76. The summed E-state index contributed by atoms with van der Waals surface area (Å²) < 4.78 is 2.03. The summed E-state index contributed by atoms with van der Waals surface area (Å²) in [5, 5.41) is 1.45. The SMILES string of the molecule is Cc1cnc(Cl)nc1-n1ccc2ccccc21. The minimum absolute atomic E-state index is 0.267. The van der Waals surface area contributed by atoms with Gasteiger partial charge in [0.25, 0.3) is 0 Å². The molecule has 0 unspecified atom stereocenters. The number of hydrogen-bond acceptors (Lipinski definition) is 2. The van der Waals surface area contributed by atoms with Crippen molar-refractivity contribution in [1.29, 1.82) is 0 Å². The first kappa shape index (κ1) is 10.3. The van der Waals surface area contributed by atoms with Crippen LogP contribution in [0.25, 0.3) is 16.7 Å².